The molecule has 0 aromatic carbocycles. The summed E-state index contributed by atoms with van der Waals surface area (Å²) in [6.07, 6.45) is 0.826. The minimum absolute atomic E-state index is 0.0843. The van der Waals surface area contributed by atoms with Gasteiger partial charge in [0, 0.05) is 13.2 Å². The number of aromatic nitrogens is 1. The summed E-state index contributed by atoms with van der Waals surface area (Å²) in [7, 11) is 1.35. The van der Waals surface area contributed by atoms with Gasteiger partial charge < -0.3 is 4.74 Å². The molecule has 1 atom stereocenters. The molecule has 0 fully saturated rings. The van der Waals surface area contributed by atoms with E-state index in [-0.39, 0.29) is 12.3 Å². The third-order valence-corrected chi connectivity index (χ3v) is 1.60. The average molecular weight is 202 g/mol. The highest BCUT2D eigenvalue weighted by molar-refractivity contribution is 5.12. The number of hydrogen-bond acceptors (Lipinski definition) is 4. The number of hydrogen-bond donors (Lipinski definition) is 0. The van der Waals surface area contributed by atoms with Gasteiger partial charge in [0.2, 0.25) is 0 Å². The number of halogens is 2. The van der Waals surface area contributed by atoms with Crippen molar-refractivity contribution in [3.63, 3.8) is 0 Å². The maximum absolute atomic E-state index is 13.1. The molecule has 0 amide bonds. The minimum atomic E-state index is -1.04. The van der Waals surface area contributed by atoms with Crippen molar-refractivity contribution in [3.05, 3.63) is 34.5 Å². The van der Waals surface area contributed by atoms with Crippen molar-refractivity contribution < 1.29 is 13.5 Å². The highest BCUT2D eigenvalue weighted by Gasteiger charge is 2.18. The van der Waals surface area contributed by atoms with E-state index in [9.17, 15) is 13.7 Å². The number of ether oxygens (including phenoxy) is 1. The molecule has 1 aromatic heterocycles. The van der Waals surface area contributed by atoms with Crippen LogP contribution < -0.4 is 0 Å². The van der Waals surface area contributed by atoms with Crippen LogP contribution in [-0.2, 0) is 4.74 Å². The predicted molar refractivity (Wildman–Crippen MR) is 44.6 cm³/mol. The van der Waals surface area contributed by atoms with Crippen LogP contribution in [0.1, 0.15) is 11.7 Å². The molecule has 0 radical (unpaired) electrons. The number of pyridine rings is 1. The Hall–Kier alpha value is -1.43. The molecule has 0 bridgehead atoms. The van der Waals surface area contributed by atoms with Crippen molar-refractivity contribution in [2.24, 2.45) is 5.18 Å². The van der Waals surface area contributed by atoms with Crippen LogP contribution >= 0.6 is 0 Å². The molecule has 76 valence electrons. The van der Waals surface area contributed by atoms with Crippen LogP contribution in [0.25, 0.3) is 0 Å². The summed E-state index contributed by atoms with van der Waals surface area (Å²) in [5, 5.41) is 2.64. The lowest BCUT2D eigenvalue weighted by Crippen LogP contribution is -2.08. The van der Waals surface area contributed by atoms with Crippen LogP contribution in [0.2, 0.25) is 0 Å². The number of methoxy groups -OCH3 is 1. The summed E-state index contributed by atoms with van der Waals surface area (Å²) in [4.78, 5) is 13.7. The van der Waals surface area contributed by atoms with E-state index in [4.69, 9.17) is 0 Å². The molecule has 0 saturated heterocycles. The molecular formula is C8H8F2N2O2. The Morgan fingerprint density at radius 1 is 1.64 bits per heavy atom. The SMILES string of the molecule is COCC(N=O)c1ncc(F)cc1F. The molecule has 14 heavy (non-hydrogen) atoms. The maximum Gasteiger partial charge on any atom is 0.160 e. The fourth-order valence-electron chi connectivity index (χ4n) is 0.988. The average Bonchev–Trinajstić information content (AvgIpc) is 2.15. The van der Waals surface area contributed by atoms with Crippen LogP contribution in [0.3, 0.4) is 0 Å². The summed E-state index contributed by atoms with van der Waals surface area (Å²) < 4.78 is 30.2. The minimum Gasteiger partial charge on any atom is -0.382 e. The lowest BCUT2D eigenvalue weighted by Gasteiger charge is -2.07. The predicted octanol–water partition coefficient (Wildman–Crippen LogP) is 1.81. The molecule has 0 aliphatic carbocycles. The largest absolute Gasteiger partial charge is 0.382 e. The zero-order chi connectivity index (χ0) is 10.6. The number of rotatable bonds is 4. The first kappa shape index (κ1) is 10.6. The van der Waals surface area contributed by atoms with Crippen molar-refractivity contribution in [2.75, 3.05) is 13.7 Å². The highest BCUT2D eigenvalue weighted by atomic mass is 19.1. The van der Waals surface area contributed by atoms with Crippen LogP contribution in [-0.4, -0.2) is 18.7 Å². The third-order valence-electron chi connectivity index (χ3n) is 1.60. The normalized spacial score (nSPS) is 12.5. The van der Waals surface area contributed by atoms with Gasteiger partial charge in [0.1, 0.15) is 17.3 Å². The molecule has 4 nitrogen and oxygen atoms in total. The molecule has 1 rings (SSSR count). The van der Waals surface area contributed by atoms with Crippen molar-refractivity contribution >= 4 is 0 Å². The van der Waals surface area contributed by atoms with E-state index in [1.54, 1.807) is 0 Å². The van der Waals surface area contributed by atoms with E-state index in [1.807, 2.05) is 0 Å². The second-order valence-corrected chi connectivity index (χ2v) is 2.60. The molecule has 0 aliphatic rings. The topological polar surface area (TPSA) is 51.5 Å². The summed E-state index contributed by atoms with van der Waals surface area (Å²) in [6, 6.07) is -0.392. The smallest absolute Gasteiger partial charge is 0.160 e. The molecule has 0 spiro atoms. The monoisotopic (exact) mass is 202 g/mol. The van der Waals surface area contributed by atoms with E-state index in [0.717, 1.165) is 6.20 Å². The number of nitroso groups, excluding NO2 is 1. The van der Waals surface area contributed by atoms with E-state index in [1.165, 1.54) is 7.11 Å². The lowest BCUT2D eigenvalue weighted by molar-refractivity contribution is 0.178. The molecule has 0 saturated carbocycles. The maximum atomic E-state index is 13.1. The second-order valence-electron chi connectivity index (χ2n) is 2.60. The Morgan fingerprint density at radius 2 is 2.36 bits per heavy atom. The van der Waals surface area contributed by atoms with Crippen LogP contribution in [0.4, 0.5) is 8.78 Å². The summed E-state index contributed by atoms with van der Waals surface area (Å²) >= 11 is 0. The molecule has 1 unspecified atom stereocenters. The summed E-state index contributed by atoms with van der Waals surface area (Å²) in [5.41, 5.74) is -0.205. The Kier molecular flexibility index (Phi) is 3.58. The zero-order valence-corrected chi connectivity index (χ0v) is 7.41. The lowest BCUT2D eigenvalue weighted by atomic mass is 10.2. The van der Waals surface area contributed by atoms with Gasteiger partial charge in [-0.3, -0.25) is 4.98 Å². The second kappa shape index (κ2) is 4.71. The molecule has 1 heterocycles. The summed E-state index contributed by atoms with van der Waals surface area (Å²) in [6.45, 7) is -0.0843. The molecule has 0 aliphatic heterocycles. The zero-order valence-electron chi connectivity index (χ0n) is 7.41. The number of nitrogens with zero attached hydrogens (tertiary/aromatic N) is 2. The fraction of sp³-hybridized carbons (Fsp3) is 0.375. The standard InChI is InChI=1S/C8H8F2N2O2/c1-14-4-7(12-13)8-6(10)2-5(9)3-11-8/h2-3,7H,4H2,1H3. The Bertz CT molecular complexity index is 333. The van der Waals surface area contributed by atoms with Gasteiger partial charge in [0.25, 0.3) is 0 Å². The van der Waals surface area contributed by atoms with Gasteiger partial charge >= 0.3 is 0 Å². The van der Waals surface area contributed by atoms with E-state index < -0.39 is 17.7 Å². The van der Waals surface area contributed by atoms with Gasteiger partial charge in [-0.05, 0) is 0 Å². The Balaban J connectivity index is 2.98. The Morgan fingerprint density at radius 3 is 2.86 bits per heavy atom. The van der Waals surface area contributed by atoms with Gasteiger partial charge in [-0.25, -0.2) is 8.78 Å². The molecule has 1 aromatic rings. The van der Waals surface area contributed by atoms with Crippen LogP contribution in [0.5, 0.6) is 0 Å². The van der Waals surface area contributed by atoms with Crippen LogP contribution in [0, 0.1) is 16.5 Å². The van der Waals surface area contributed by atoms with E-state index in [0.29, 0.717) is 6.07 Å². The van der Waals surface area contributed by atoms with Crippen molar-refractivity contribution in [3.8, 4) is 0 Å². The quantitative estimate of drug-likeness (QED) is 0.699. The third kappa shape index (κ3) is 2.29. The first-order valence-electron chi connectivity index (χ1n) is 3.81. The molecule has 0 N–H and O–H groups in total. The fourth-order valence-corrected chi connectivity index (χ4v) is 0.988. The first-order valence-corrected chi connectivity index (χ1v) is 3.81. The van der Waals surface area contributed by atoms with Gasteiger partial charge in [0.05, 0.1) is 12.8 Å². The van der Waals surface area contributed by atoms with Gasteiger partial charge in [0.15, 0.2) is 6.04 Å². The molecule has 6 heteroatoms. The summed E-state index contributed by atoms with van der Waals surface area (Å²) in [5.74, 6) is -1.69. The van der Waals surface area contributed by atoms with Gasteiger partial charge in [-0.2, -0.15) is 4.91 Å². The van der Waals surface area contributed by atoms with Crippen molar-refractivity contribution in [1.29, 1.82) is 0 Å². The Labute approximate surface area is 78.9 Å². The van der Waals surface area contributed by atoms with E-state index >= 15 is 0 Å². The van der Waals surface area contributed by atoms with Gasteiger partial charge in [-0.15, -0.1) is 0 Å². The first-order chi connectivity index (χ1) is 6.69. The van der Waals surface area contributed by atoms with Crippen LogP contribution in [0.15, 0.2) is 17.4 Å². The van der Waals surface area contributed by atoms with Gasteiger partial charge in [-0.1, -0.05) is 5.18 Å². The molecular weight excluding hydrogens is 194 g/mol. The van der Waals surface area contributed by atoms with E-state index in [2.05, 4.69) is 14.9 Å². The van der Waals surface area contributed by atoms with Crippen molar-refractivity contribution in [1.82, 2.24) is 4.98 Å². The highest BCUT2D eigenvalue weighted by Crippen LogP contribution is 2.18. The van der Waals surface area contributed by atoms with Crippen molar-refractivity contribution in [2.45, 2.75) is 6.04 Å².